The van der Waals surface area contributed by atoms with Gasteiger partial charge in [-0.05, 0) is 97.4 Å². The zero-order valence-electron chi connectivity index (χ0n) is 32.3. The van der Waals surface area contributed by atoms with Crippen LogP contribution in [0.1, 0.15) is 112 Å². The molecule has 1 N–H and O–H groups in total. The van der Waals surface area contributed by atoms with Gasteiger partial charge in [-0.3, -0.25) is 4.79 Å². The van der Waals surface area contributed by atoms with Gasteiger partial charge in [-0.1, -0.05) is 68.4 Å². The second-order valence-corrected chi connectivity index (χ2v) is 27.8. The van der Waals surface area contributed by atoms with Crippen LogP contribution in [0.5, 0.6) is 5.75 Å². The van der Waals surface area contributed by atoms with E-state index in [4.69, 9.17) is 18.3 Å². The smallest absolute Gasteiger partial charge is 0.305 e. The van der Waals surface area contributed by atoms with Crippen molar-refractivity contribution in [2.75, 3.05) is 20.3 Å². The van der Waals surface area contributed by atoms with Crippen molar-refractivity contribution in [2.24, 2.45) is 16.7 Å². The highest BCUT2D eigenvalue weighted by molar-refractivity contribution is 6.74. The van der Waals surface area contributed by atoms with E-state index < -0.39 is 33.6 Å². The van der Waals surface area contributed by atoms with Crippen molar-refractivity contribution in [2.45, 2.75) is 162 Å². The van der Waals surface area contributed by atoms with Crippen LogP contribution in [0.3, 0.4) is 0 Å². The summed E-state index contributed by atoms with van der Waals surface area (Å²) in [5, 5.41) is 12.5. The van der Waals surface area contributed by atoms with Gasteiger partial charge in [0, 0.05) is 36.3 Å². The van der Waals surface area contributed by atoms with Gasteiger partial charge in [0.15, 0.2) is 16.6 Å². The van der Waals surface area contributed by atoms with E-state index in [1.54, 1.807) is 7.11 Å². The number of ether oxygens (including phenoxy) is 2. The van der Waals surface area contributed by atoms with Crippen molar-refractivity contribution in [3.05, 3.63) is 28.8 Å². The fourth-order valence-corrected chi connectivity index (χ4v) is 10.7. The third-order valence-electron chi connectivity index (χ3n) is 13.3. The van der Waals surface area contributed by atoms with Gasteiger partial charge in [0.2, 0.25) is 0 Å². The number of aliphatic hydroxyl groups excluding tert-OH is 1. The van der Waals surface area contributed by atoms with Crippen LogP contribution in [-0.2, 0) is 30.2 Å². The van der Waals surface area contributed by atoms with Gasteiger partial charge < -0.3 is 23.4 Å². The predicted molar refractivity (Wildman–Crippen MR) is 195 cm³/mol. The van der Waals surface area contributed by atoms with E-state index in [-0.39, 0.29) is 33.5 Å². The molecule has 0 unspecified atom stereocenters. The summed E-state index contributed by atoms with van der Waals surface area (Å²) in [6.45, 7) is 35.1. The van der Waals surface area contributed by atoms with Crippen molar-refractivity contribution >= 4 is 22.6 Å². The number of aryl methyl sites for hydroxylation is 1. The van der Waals surface area contributed by atoms with Gasteiger partial charge in [0.1, 0.15) is 5.75 Å². The van der Waals surface area contributed by atoms with Crippen molar-refractivity contribution < 1.29 is 28.2 Å². The highest BCUT2D eigenvalue weighted by Crippen LogP contribution is 2.68. The average Bonchev–Trinajstić information content (AvgIpc) is 2.89. The molecule has 0 radical (unpaired) electrons. The number of fused-ring (bicyclic) bond motifs is 3. The topological polar surface area (TPSA) is 74.2 Å². The number of aliphatic hydroxyl groups is 1. The van der Waals surface area contributed by atoms with Gasteiger partial charge in [0.25, 0.3) is 0 Å². The second kappa shape index (κ2) is 13.3. The maximum Gasteiger partial charge on any atom is 0.305 e. The van der Waals surface area contributed by atoms with Gasteiger partial charge in [-0.25, -0.2) is 0 Å². The minimum Gasteiger partial charge on any atom is -0.496 e. The summed E-state index contributed by atoms with van der Waals surface area (Å²) >= 11 is 0. The Morgan fingerprint density at radius 3 is 2.07 bits per heavy atom. The number of carbonyl (C=O) groups excluding carboxylic acids is 1. The molecule has 0 amide bonds. The van der Waals surface area contributed by atoms with Crippen LogP contribution in [0.25, 0.3) is 0 Å². The molecule has 6 atom stereocenters. The normalized spacial score (nSPS) is 30.4. The molecule has 46 heavy (non-hydrogen) atoms. The van der Waals surface area contributed by atoms with E-state index in [0.29, 0.717) is 32.5 Å². The van der Waals surface area contributed by atoms with Crippen molar-refractivity contribution in [3.63, 3.8) is 0 Å². The molecule has 1 fully saturated rings. The summed E-state index contributed by atoms with van der Waals surface area (Å²) in [6.07, 6.45) is 2.31. The Kier molecular flexibility index (Phi) is 11.3. The lowest BCUT2D eigenvalue weighted by Crippen LogP contribution is -2.68. The number of hydrogen-bond donors (Lipinski definition) is 1. The molecule has 1 aromatic carbocycles. The molecule has 0 heterocycles. The number of benzene rings is 1. The Morgan fingerprint density at radius 1 is 0.957 bits per heavy atom. The number of carbonyl (C=O) groups is 1. The van der Waals surface area contributed by atoms with Crippen molar-refractivity contribution in [1.82, 2.24) is 0 Å². The second-order valence-electron chi connectivity index (χ2n) is 18.2. The lowest BCUT2D eigenvalue weighted by molar-refractivity contribution is -0.196. The quantitative estimate of drug-likeness (QED) is 0.186. The van der Waals surface area contributed by atoms with Crippen molar-refractivity contribution in [1.29, 1.82) is 0 Å². The molecule has 2 aliphatic carbocycles. The molecular weight excluding hydrogens is 609 g/mol. The Hall–Kier alpha value is -1.20. The molecule has 1 aromatic rings. The Balaban J connectivity index is 2.30. The predicted octanol–water partition coefficient (Wildman–Crippen LogP) is 9.36. The maximum atomic E-state index is 13.0. The molecule has 0 aliphatic heterocycles. The maximum absolute atomic E-state index is 13.0. The molecule has 2 aliphatic rings. The molecule has 6 nitrogen and oxygen atoms in total. The minimum absolute atomic E-state index is 0.0123. The number of methoxy groups -OCH3 is 1. The first kappa shape index (κ1) is 39.2. The van der Waals surface area contributed by atoms with Gasteiger partial charge >= 0.3 is 5.97 Å². The van der Waals surface area contributed by atoms with E-state index >= 15 is 0 Å². The molecule has 0 spiro atoms. The molecule has 0 bridgehead atoms. The molecule has 0 saturated heterocycles. The zero-order valence-corrected chi connectivity index (χ0v) is 34.3. The SMILES string of the molecule is CCOC(=O)CC[C@]1(C)[C@@H](O[Si](C)(C)C(C)(C)C)C[C@@]2(C)c3cc(C)cc(OC)c3C[C@@H](O)[C@@H]2[C@]1(C)CCO[Si](C)(C)C(C)(C)C. The van der Waals surface area contributed by atoms with Crippen LogP contribution in [0.2, 0.25) is 36.3 Å². The summed E-state index contributed by atoms with van der Waals surface area (Å²) in [7, 11) is -2.55. The van der Waals surface area contributed by atoms with Crippen LogP contribution in [0, 0.1) is 23.7 Å². The summed E-state index contributed by atoms with van der Waals surface area (Å²) < 4.78 is 25.8. The molecular formula is C38H68O6Si2. The van der Waals surface area contributed by atoms with Crippen LogP contribution in [0.15, 0.2) is 12.1 Å². The van der Waals surface area contributed by atoms with Gasteiger partial charge in [-0.15, -0.1) is 0 Å². The van der Waals surface area contributed by atoms with Crippen LogP contribution in [0.4, 0.5) is 0 Å². The highest BCUT2D eigenvalue weighted by Gasteiger charge is 2.67. The molecule has 264 valence electrons. The monoisotopic (exact) mass is 676 g/mol. The van der Waals surface area contributed by atoms with E-state index in [0.717, 1.165) is 29.7 Å². The van der Waals surface area contributed by atoms with E-state index in [9.17, 15) is 9.90 Å². The zero-order chi connectivity index (χ0) is 35.3. The summed E-state index contributed by atoms with van der Waals surface area (Å²) in [6, 6.07) is 4.42. The van der Waals surface area contributed by atoms with Crippen LogP contribution >= 0.6 is 0 Å². The molecule has 8 heteroatoms. The van der Waals surface area contributed by atoms with Crippen molar-refractivity contribution in [3.8, 4) is 5.75 Å². The van der Waals surface area contributed by atoms with E-state index in [1.807, 2.05) is 6.92 Å². The van der Waals surface area contributed by atoms with Gasteiger partial charge in [0.05, 0.1) is 25.9 Å². The number of rotatable bonds is 11. The van der Waals surface area contributed by atoms with Gasteiger partial charge in [-0.2, -0.15) is 0 Å². The Bertz CT molecular complexity index is 1250. The summed E-state index contributed by atoms with van der Waals surface area (Å²) in [5.41, 5.74) is 2.31. The first-order valence-electron chi connectivity index (χ1n) is 17.6. The standard InChI is InChI=1S/C38H68O6Si2/c1-17-42-32(40)18-19-37(10)31(44-46(15,16)35(6,7)8)25-36(9)28-22-26(2)23-30(41-12)27(28)24-29(39)33(36)38(37,11)20-21-43-45(13,14)34(3,4)5/h22-23,29,31,33,39H,17-21,24-25H2,1-16H3/t29-,31+,33+,36+,37-,38+/m1/s1. The lowest BCUT2D eigenvalue weighted by atomic mass is 9.39. The lowest BCUT2D eigenvalue weighted by Gasteiger charge is -2.68. The highest BCUT2D eigenvalue weighted by atomic mass is 28.4. The van der Waals surface area contributed by atoms with Crippen LogP contribution < -0.4 is 4.74 Å². The average molecular weight is 677 g/mol. The summed E-state index contributed by atoms with van der Waals surface area (Å²) in [4.78, 5) is 13.0. The molecule has 3 rings (SSSR count). The Labute approximate surface area is 284 Å². The third-order valence-corrected chi connectivity index (χ3v) is 22.3. The minimum atomic E-state index is -2.26. The Morgan fingerprint density at radius 2 is 1.54 bits per heavy atom. The fraction of sp³-hybridized carbons (Fsp3) is 0.816. The first-order chi connectivity index (χ1) is 20.8. The largest absolute Gasteiger partial charge is 0.496 e. The molecule has 1 saturated carbocycles. The van der Waals surface area contributed by atoms with Crippen LogP contribution in [-0.4, -0.2) is 60.2 Å². The first-order valence-corrected chi connectivity index (χ1v) is 23.5. The van der Waals surface area contributed by atoms with E-state index in [1.165, 1.54) is 5.56 Å². The van der Waals surface area contributed by atoms with E-state index in [2.05, 4.69) is 108 Å². The number of esters is 1. The third kappa shape index (κ3) is 7.08. The molecule has 0 aromatic heterocycles. The fourth-order valence-electron chi connectivity index (χ4n) is 8.22. The summed E-state index contributed by atoms with van der Waals surface area (Å²) in [5.74, 6) is 0.612. The number of hydrogen-bond acceptors (Lipinski definition) is 6.